The molecule has 0 heterocycles. The molecular formula is C11H9NO4. The number of rotatable bonds is 0. The van der Waals surface area contributed by atoms with Crippen LogP contribution >= 0.6 is 0 Å². The van der Waals surface area contributed by atoms with Gasteiger partial charge in [0.05, 0.1) is 11.3 Å². The zero-order chi connectivity index (χ0) is 12.0. The third-order valence-corrected chi connectivity index (χ3v) is 2.50. The van der Waals surface area contributed by atoms with E-state index in [0.717, 1.165) is 6.08 Å². The maximum Gasteiger partial charge on any atom is 0.209 e. The summed E-state index contributed by atoms with van der Waals surface area (Å²) in [6.07, 6.45) is 0.944. The summed E-state index contributed by atoms with van der Waals surface area (Å²) < 4.78 is 0. The highest BCUT2D eigenvalue weighted by molar-refractivity contribution is 6.25. The summed E-state index contributed by atoms with van der Waals surface area (Å²) in [5.41, 5.74) is 5.35. The highest BCUT2D eigenvalue weighted by atomic mass is 16.3. The van der Waals surface area contributed by atoms with Crippen LogP contribution in [0.5, 0.6) is 11.5 Å². The van der Waals surface area contributed by atoms with E-state index in [2.05, 4.69) is 0 Å². The van der Waals surface area contributed by atoms with E-state index in [0.29, 0.717) is 5.56 Å². The van der Waals surface area contributed by atoms with Crippen molar-refractivity contribution in [2.75, 3.05) is 0 Å². The molecule has 82 valence electrons. The summed E-state index contributed by atoms with van der Waals surface area (Å²) in [7, 11) is 0. The Bertz CT molecular complexity index is 558. The Hall–Kier alpha value is -2.30. The van der Waals surface area contributed by atoms with Crippen molar-refractivity contribution < 1.29 is 19.8 Å². The maximum absolute atomic E-state index is 11.6. The number of carbonyl (C=O) groups is 2. The first-order valence-electron chi connectivity index (χ1n) is 4.55. The number of hydrogen-bond donors (Lipinski definition) is 3. The molecule has 0 unspecified atom stereocenters. The molecular weight excluding hydrogens is 210 g/mol. The van der Waals surface area contributed by atoms with Crippen molar-refractivity contribution in [1.82, 2.24) is 0 Å². The number of fused-ring (bicyclic) bond motifs is 1. The number of aryl methyl sites for hydroxylation is 1. The second kappa shape index (κ2) is 3.10. The summed E-state index contributed by atoms with van der Waals surface area (Å²) in [6, 6.07) is 1.34. The molecule has 0 atom stereocenters. The van der Waals surface area contributed by atoms with Crippen LogP contribution in [0.25, 0.3) is 0 Å². The molecule has 0 spiro atoms. The Balaban J connectivity index is 2.83. The summed E-state index contributed by atoms with van der Waals surface area (Å²) in [4.78, 5) is 23.2. The fraction of sp³-hybridized carbons (Fsp3) is 0.0909. The van der Waals surface area contributed by atoms with E-state index >= 15 is 0 Å². The van der Waals surface area contributed by atoms with Gasteiger partial charge in [-0.25, -0.2) is 0 Å². The largest absolute Gasteiger partial charge is 0.504 e. The van der Waals surface area contributed by atoms with Crippen LogP contribution in [0.15, 0.2) is 17.8 Å². The lowest BCUT2D eigenvalue weighted by atomic mass is 9.90. The van der Waals surface area contributed by atoms with Crippen molar-refractivity contribution in [3.63, 3.8) is 0 Å². The smallest absolute Gasteiger partial charge is 0.209 e. The molecule has 1 aliphatic carbocycles. The Kier molecular flexibility index (Phi) is 1.98. The van der Waals surface area contributed by atoms with E-state index in [1.165, 1.54) is 13.0 Å². The van der Waals surface area contributed by atoms with Crippen molar-refractivity contribution in [3.8, 4) is 11.5 Å². The summed E-state index contributed by atoms with van der Waals surface area (Å²) >= 11 is 0. The minimum Gasteiger partial charge on any atom is -0.504 e. The van der Waals surface area contributed by atoms with Gasteiger partial charge in [0.25, 0.3) is 0 Å². The molecule has 0 fully saturated rings. The highest BCUT2D eigenvalue weighted by Gasteiger charge is 2.29. The van der Waals surface area contributed by atoms with E-state index in [4.69, 9.17) is 5.73 Å². The van der Waals surface area contributed by atoms with Crippen molar-refractivity contribution in [2.45, 2.75) is 6.92 Å². The monoisotopic (exact) mass is 219 g/mol. The zero-order valence-corrected chi connectivity index (χ0v) is 8.44. The number of benzene rings is 1. The maximum atomic E-state index is 11.6. The number of aromatic hydroxyl groups is 2. The molecule has 5 nitrogen and oxygen atoms in total. The molecule has 0 bridgehead atoms. The van der Waals surface area contributed by atoms with Gasteiger partial charge in [0, 0.05) is 11.6 Å². The second-order valence-electron chi connectivity index (χ2n) is 3.61. The molecule has 1 aromatic rings. The topological polar surface area (TPSA) is 101 Å². The lowest BCUT2D eigenvalue weighted by Crippen LogP contribution is -2.22. The van der Waals surface area contributed by atoms with Crippen LogP contribution in [-0.4, -0.2) is 21.8 Å². The van der Waals surface area contributed by atoms with Gasteiger partial charge < -0.3 is 15.9 Å². The van der Waals surface area contributed by atoms with E-state index < -0.39 is 23.1 Å². The van der Waals surface area contributed by atoms with Gasteiger partial charge >= 0.3 is 0 Å². The number of phenols is 2. The number of carbonyl (C=O) groups excluding carboxylic acids is 2. The van der Waals surface area contributed by atoms with Crippen molar-refractivity contribution in [1.29, 1.82) is 0 Å². The van der Waals surface area contributed by atoms with Gasteiger partial charge in [0.1, 0.15) is 0 Å². The van der Waals surface area contributed by atoms with Gasteiger partial charge in [-0.2, -0.15) is 0 Å². The molecule has 0 saturated heterocycles. The average molecular weight is 219 g/mol. The predicted octanol–water partition coefficient (Wildman–Crippen LogP) is 0.628. The number of ketones is 2. The van der Waals surface area contributed by atoms with E-state index in [9.17, 15) is 19.8 Å². The first-order valence-corrected chi connectivity index (χ1v) is 4.55. The van der Waals surface area contributed by atoms with Gasteiger partial charge in [-0.3, -0.25) is 9.59 Å². The SMILES string of the molecule is Cc1cc2c(c(O)c1O)C(=O)C=C(N)C2=O. The van der Waals surface area contributed by atoms with Crippen LogP contribution < -0.4 is 5.73 Å². The molecule has 1 aromatic carbocycles. The highest BCUT2D eigenvalue weighted by Crippen LogP contribution is 2.37. The van der Waals surface area contributed by atoms with Crippen LogP contribution in [0.4, 0.5) is 0 Å². The minimum atomic E-state index is -0.583. The average Bonchev–Trinajstić information content (AvgIpc) is 2.22. The Morgan fingerprint density at radius 2 is 1.81 bits per heavy atom. The number of hydrogen-bond acceptors (Lipinski definition) is 5. The van der Waals surface area contributed by atoms with Crippen molar-refractivity contribution in [2.24, 2.45) is 5.73 Å². The number of Topliss-reactive ketones (excluding diaryl/α,β-unsaturated/α-hetero) is 1. The van der Waals surface area contributed by atoms with Crippen molar-refractivity contribution in [3.05, 3.63) is 34.5 Å². The summed E-state index contributed by atoms with van der Waals surface area (Å²) in [5.74, 6) is -2.07. The second-order valence-corrected chi connectivity index (χ2v) is 3.61. The van der Waals surface area contributed by atoms with Gasteiger partial charge in [-0.15, -0.1) is 0 Å². The molecule has 2 rings (SSSR count). The number of allylic oxidation sites excluding steroid dienone is 2. The van der Waals surface area contributed by atoms with Crippen LogP contribution in [0.2, 0.25) is 0 Å². The van der Waals surface area contributed by atoms with E-state index in [-0.39, 0.29) is 16.8 Å². The zero-order valence-electron chi connectivity index (χ0n) is 8.44. The Morgan fingerprint density at radius 3 is 2.44 bits per heavy atom. The van der Waals surface area contributed by atoms with Gasteiger partial charge in [0.2, 0.25) is 5.78 Å². The quantitative estimate of drug-likeness (QED) is 0.555. The molecule has 0 saturated carbocycles. The van der Waals surface area contributed by atoms with Gasteiger partial charge in [-0.1, -0.05) is 0 Å². The fourth-order valence-electron chi connectivity index (χ4n) is 1.65. The first kappa shape index (κ1) is 10.2. The fourth-order valence-corrected chi connectivity index (χ4v) is 1.65. The molecule has 0 aliphatic heterocycles. The molecule has 0 radical (unpaired) electrons. The lowest BCUT2D eigenvalue weighted by Gasteiger charge is -2.15. The van der Waals surface area contributed by atoms with Crippen LogP contribution in [0.1, 0.15) is 26.3 Å². The van der Waals surface area contributed by atoms with Crippen LogP contribution in [0.3, 0.4) is 0 Å². The van der Waals surface area contributed by atoms with E-state index in [1.807, 2.05) is 0 Å². The van der Waals surface area contributed by atoms with Gasteiger partial charge in [-0.05, 0) is 18.6 Å². The lowest BCUT2D eigenvalue weighted by molar-refractivity contribution is 0.0980. The standard InChI is InChI=1S/C11H9NO4/c1-4-2-5-8(11(16)9(4)14)7(13)3-6(12)10(5)15/h2-3,14,16H,12H2,1H3. The minimum absolute atomic E-state index is 0.0257. The third-order valence-electron chi connectivity index (χ3n) is 2.50. The molecule has 16 heavy (non-hydrogen) atoms. The third kappa shape index (κ3) is 1.18. The molecule has 5 heteroatoms. The first-order chi connectivity index (χ1) is 7.43. The Morgan fingerprint density at radius 1 is 1.19 bits per heavy atom. The van der Waals surface area contributed by atoms with E-state index in [1.54, 1.807) is 0 Å². The molecule has 1 aliphatic rings. The van der Waals surface area contributed by atoms with Crippen LogP contribution in [0, 0.1) is 6.92 Å². The normalized spacial score (nSPS) is 14.7. The summed E-state index contributed by atoms with van der Waals surface area (Å²) in [6.45, 7) is 1.52. The van der Waals surface area contributed by atoms with Crippen molar-refractivity contribution >= 4 is 11.6 Å². The number of phenolic OH excluding ortho intramolecular Hbond substituents is 2. The Labute approximate surface area is 90.8 Å². The summed E-state index contributed by atoms with van der Waals surface area (Å²) in [5, 5.41) is 19.1. The molecule has 0 aromatic heterocycles. The van der Waals surface area contributed by atoms with Crippen LogP contribution in [-0.2, 0) is 0 Å². The number of nitrogens with two attached hydrogens (primary N) is 1. The van der Waals surface area contributed by atoms with Gasteiger partial charge in [0.15, 0.2) is 17.3 Å². The predicted molar refractivity (Wildman–Crippen MR) is 55.4 cm³/mol. The molecule has 4 N–H and O–H groups in total. The molecule has 0 amide bonds.